The minimum Gasteiger partial charge on any atom is -0.450 e. The monoisotopic (exact) mass is 323 g/mol. The van der Waals surface area contributed by atoms with E-state index in [1.54, 1.807) is 20.0 Å². The molecule has 0 radical (unpaired) electrons. The van der Waals surface area contributed by atoms with Gasteiger partial charge in [-0.1, -0.05) is 12.1 Å². The molecule has 0 saturated heterocycles. The number of hydrogen-bond donors (Lipinski definition) is 1. The average Bonchev–Trinajstić information content (AvgIpc) is 2.27. The number of rotatable bonds is 3. The molecule has 0 amide bonds. The molecule has 0 atom stereocenters. The van der Waals surface area contributed by atoms with Gasteiger partial charge in [-0.3, -0.25) is 4.98 Å². The zero-order chi connectivity index (χ0) is 14.0. The van der Waals surface area contributed by atoms with Gasteiger partial charge in [-0.05, 0) is 47.5 Å². The zero-order valence-electron chi connectivity index (χ0n) is 10.7. The molecule has 1 aromatic heterocycles. The Hall–Kier alpha value is -1.62. The highest BCUT2D eigenvalue weighted by atomic mass is 79.9. The molecule has 2 rings (SSSR count). The molecule has 4 nitrogen and oxygen atoms in total. The number of benzene rings is 1. The molecule has 0 bridgehead atoms. The predicted octanol–water partition coefficient (Wildman–Crippen LogP) is 4.01. The largest absolute Gasteiger partial charge is 0.506 e. The highest BCUT2D eigenvalue weighted by Crippen LogP contribution is 2.22. The molecule has 100 valence electrons. The van der Waals surface area contributed by atoms with Crippen molar-refractivity contribution in [3.63, 3.8) is 0 Å². The van der Waals surface area contributed by atoms with Gasteiger partial charge in [-0.2, -0.15) is 0 Å². The molecule has 1 N–H and O–H groups in total. The molecule has 0 aliphatic carbocycles. The predicted molar refractivity (Wildman–Crippen MR) is 76.3 cm³/mol. The van der Waals surface area contributed by atoms with Crippen molar-refractivity contribution >= 4 is 33.0 Å². The molecule has 0 fully saturated rings. The van der Waals surface area contributed by atoms with Gasteiger partial charge in [0, 0.05) is 22.5 Å². The van der Waals surface area contributed by atoms with Crippen LogP contribution >= 0.6 is 15.9 Å². The molecule has 1 aromatic carbocycles. The van der Waals surface area contributed by atoms with Crippen LogP contribution in [0.4, 0.5) is 4.79 Å². The third-order valence-corrected chi connectivity index (χ3v) is 3.14. The Kier molecular flexibility index (Phi) is 3.75. The highest BCUT2D eigenvalue weighted by molar-refractivity contribution is 9.10. The van der Waals surface area contributed by atoms with Gasteiger partial charge in [0.05, 0.1) is 5.52 Å². The van der Waals surface area contributed by atoms with Crippen molar-refractivity contribution in [3.8, 4) is 0 Å². The number of carboxylic acid groups (broad SMARTS) is 1. The summed E-state index contributed by atoms with van der Waals surface area (Å²) in [4.78, 5) is 14.9. The third-order valence-electron chi connectivity index (χ3n) is 2.71. The van der Waals surface area contributed by atoms with Gasteiger partial charge in [0.1, 0.15) is 5.60 Å². The Balaban J connectivity index is 2.26. The number of hydrogen-bond acceptors (Lipinski definition) is 3. The molecule has 1 heterocycles. The van der Waals surface area contributed by atoms with E-state index >= 15 is 0 Å². The van der Waals surface area contributed by atoms with Crippen molar-refractivity contribution in [2.75, 3.05) is 0 Å². The van der Waals surface area contributed by atoms with Gasteiger partial charge in [-0.25, -0.2) is 4.79 Å². The number of carbonyl (C=O) groups is 1. The zero-order valence-corrected chi connectivity index (χ0v) is 12.3. The summed E-state index contributed by atoms with van der Waals surface area (Å²) in [7, 11) is 0. The van der Waals surface area contributed by atoms with E-state index < -0.39 is 11.8 Å². The van der Waals surface area contributed by atoms with E-state index in [1.807, 2.05) is 24.3 Å². The van der Waals surface area contributed by atoms with Crippen LogP contribution in [0, 0.1) is 0 Å². The van der Waals surface area contributed by atoms with Crippen molar-refractivity contribution in [1.29, 1.82) is 0 Å². The van der Waals surface area contributed by atoms with Crippen LogP contribution in [0.1, 0.15) is 19.4 Å². The molecular weight excluding hydrogens is 310 g/mol. The molecule has 0 aliphatic heterocycles. The number of aromatic nitrogens is 1. The van der Waals surface area contributed by atoms with Crippen molar-refractivity contribution in [2.24, 2.45) is 0 Å². The number of halogens is 1. The summed E-state index contributed by atoms with van der Waals surface area (Å²) >= 11 is 3.38. The SMILES string of the molecule is CC(C)(Cc1ccc2cc(Br)cnc2c1)OC(=O)O. The van der Waals surface area contributed by atoms with E-state index in [1.165, 1.54) is 0 Å². The first kappa shape index (κ1) is 13.8. The lowest BCUT2D eigenvalue weighted by Gasteiger charge is -2.23. The lowest BCUT2D eigenvalue weighted by Crippen LogP contribution is -2.29. The summed E-state index contributed by atoms with van der Waals surface area (Å²) in [6.07, 6.45) is 0.991. The number of nitrogens with zero attached hydrogens (tertiary/aromatic N) is 1. The van der Waals surface area contributed by atoms with Crippen LogP contribution in [0.3, 0.4) is 0 Å². The normalized spacial score (nSPS) is 11.5. The lowest BCUT2D eigenvalue weighted by molar-refractivity contribution is 0.00428. The summed E-state index contributed by atoms with van der Waals surface area (Å²) in [6.45, 7) is 3.50. The standard InChI is InChI=1S/C14H14BrNO3/c1-14(2,19-13(17)18)7-9-3-4-10-6-11(15)8-16-12(10)5-9/h3-6,8H,7H2,1-2H3,(H,17,18). The average molecular weight is 324 g/mol. The van der Waals surface area contributed by atoms with Gasteiger partial charge in [0.15, 0.2) is 0 Å². The second-order valence-corrected chi connectivity index (χ2v) is 5.90. The molecule has 0 unspecified atom stereocenters. The van der Waals surface area contributed by atoms with E-state index in [2.05, 4.69) is 20.9 Å². The van der Waals surface area contributed by atoms with Crippen LogP contribution in [0.2, 0.25) is 0 Å². The number of ether oxygens (including phenoxy) is 1. The fourth-order valence-corrected chi connectivity index (χ4v) is 2.36. The van der Waals surface area contributed by atoms with Gasteiger partial charge in [-0.15, -0.1) is 0 Å². The first-order valence-electron chi connectivity index (χ1n) is 5.82. The van der Waals surface area contributed by atoms with Crippen molar-refractivity contribution < 1.29 is 14.6 Å². The van der Waals surface area contributed by atoms with Gasteiger partial charge in [0.25, 0.3) is 0 Å². The van der Waals surface area contributed by atoms with E-state index in [0.29, 0.717) is 6.42 Å². The number of fused-ring (bicyclic) bond motifs is 1. The Morgan fingerprint density at radius 2 is 2.16 bits per heavy atom. The Bertz CT molecular complexity index is 625. The first-order chi connectivity index (χ1) is 8.85. The molecule has 0 spiro atoms. The molecule has 5 heteroatoms. The van der Waals surface area contributed by atoms with Crippen LogP contribution < -0.4 is 0 Å². The maximum absolute atomic E-state index is 10.6. The first-order valence-corrected chi connectivity index (χ1v) is 6.61. The van der Waals surface area contributed by atoms with Crippen LogP contribution in [0.5, 0.6) is 0 Å². The topological polar surface area (TPSA) is 59.4 Å². The minimum atomic E-state index is -1.26. The van der Waals surface area contributed by atoms with Crippen LogP contribution in [-0.4, -0.2) is 21.8 Å². The van der Waals surface area contributed by atoms with Gasteiger partial charge in [0.2, 0.25) is 0 Å². The summed E-state index contributed by atoms with van der Waals surface area (Å²) < 4.78 is 5.79. The Labute approximate surface area is 119 Å². The molecule has 0 aliphatic rings. The van der Waals surface area contributed by atoms with Gasteiger partial charge >= 0.3 is 6.16 Å². The summed E-state index contributed by atoms with van der Waals surface area (Å²) in [5.41, 5.74) is 1.12. The molecule has 19 heavy (non-hydrogen) atoms. The maximum atomic E-state index is 10.6. The van der Waals surface area contributed by atoms with Crippen molar-refractivity contribution in [2.45, 2.75) is 25.9 Å². The second kappa shape index (κ2) is 5.17. The van der Waals surface area contributed by atoms with Crippen molar-refractivity contribution in [3.05, 3.63) is 40.5 Å². The highest BCUT2D eigenvalue weighted by Gasteiger charge is 2.23. The third kappa shape index (κ3) is 3.67. The summed E-state index contributed by atoms with van der Waals surface area (Å²) in [5, 5.41) is 9.73. The van der Waals surface area contributed by atoms with E-state index in [4.69, 9.17) is 9.84 Å². The second-order valence-electron chi connectivity index (χ2n) is 4.99. The molecular formula is C14H14BrNO3. The van der Waals surface area contributed by atoms with Crippen LogP contribution in [0.25, 0.3) is 10.9 Å². The fourth-order valence-electron chi connectivity index (χ4n) is 2.01. The lowest BCUT2D eigenvalue weighted by atomic mass is 9.97. The van der Waals surface area contributed by atoms with E-state index in [9.17, 15) is 4.79 Å². The smallest absolute Gasteiger partial charge is 0.450 e. The molecule has 2 aromatic rings. The Morgan fingerprint density at radius 3 is 2.84 bits per heavy atom. The number of pyridine rings is 1. The maximum Gasteiger partial charge on any atom is 0.506 e. The van der Waals surface area contributed by atoms with Crippen molar-refractivity contribution in [1.82, 2.24) is 4.98 Å². The summed E-state index contributed by atoms with van der Waals surface area (Å²) in [5.74, 6) is 0. The fraction of sp³-hybridized carbons (Fsp3) is 0.286. The van der Waals surface area contributed by atoms with Gasteiger partial charge < -0.3 is 9.84 Å². The Morgan fingerprint density at radius 1 is 1.42 bits per heavy atom. The van der Waals surface area contributed by atoms with Crippen LogP contribution in [-0.2, 0) is 11.2 Å². The van der Waals surface area contributed by atoms with E-state index in [0.717, 1.165) is 20.9 Å². The molecule has 0 saturated carbocycles. The van der Waals surface area contributed by atoms with E-state index in [-0.39, 0.29) is 0 Å². The summed E-state index contributed by atoms with van der Waals surface area (Å²) in [6, 6.07) is 7.88. The quantitative estimate of drug-likeness (QED) is 0.867. The minimum absolute atomic E-state index is 0.507. The van der Waals surface area contributed by atoms with Crippen LogP contribution in [0.15, 0.2) is 34.9 Å².